The van der Waals surface area contributed by atoms with E-state index in [-0.39, 0.29) is 5.97 Å². The average molecular weight is 143 g/mol. The second-order valence-corrected chi connectivity index (χ2v) is 2.27. The van der Waals surface area contributed by atoms with Crippen molar-refractivity contribution in [1.29, 1.82) is 0 Å². The number of hydrogen-bond donors (Lipinski definition) is 0. The molecule has 0 aromatic heterocycles. The standard InChI is InChI=1S/C7H13NO2/c1-6(5-8(2)3)7(9)10-4/h5H,1-4H3. The summed E-state index contributed by atoms with van der Waals surface area (Å²) in [5.41, 5.74) is 0.604. The van der Waals surface area contributed by atoms with Crippen LogP contribution in [-0.2, 0) is 9.53 Å². The van der Waals surface area contributed by atoms with Crippen LogP contribution in [0.25, 0.3) is 0 Å². The molecule has 0 heterocycles. The number of hydrogen-bond acceptors (Lipinski definition) is 3. The monoisotopic (exact) mass is 143 g/mol. The van der Waals surface area contributed by atoms with Gasteiger partial charge in [0.15, 0.2) is 0 Å². The number of carbonyl (C=O) groups excluding carboxylic acids is 1. The molecule has 0 saturated carbocycles. The molecule has 0 aliphatic carbocycles. The molecule has 0 aliphatic heterocycles. The van der Waals surface area contributed by atoms with Crippen molar-refractivity contribution in [3.8, 4) is 0 Å². The van der Waals surface area contributed by atoms with Crippen molar-refractivity contribution >= 4 is 5.97 Å². The minimum atomic E-state index is -0.284. The molecular weight excluding hydrogens is 130 g/mol. The molecule has 0 spiro atoms. The SMILES string of the molecule is COC(=O)C(C)=CN(C)C. The first-order valence-electron chi connectivity index (χ1n) is 3.01. The molecule has 0 bridgehead atoms. The van der Waals surface area contributed by atoms with Gasteiger partial charge in [-0.3, -0.25) is 0 Å². The van der Waals surface area contributed by atoms with Crippen molar-refractivity contribution in [2.45, 2.75) is 6.92 Å². The van der Waals surface area contributed by atoms with Gasteiger partial charge < -0.3 is 9.64 Å². The predicted octanol–water partition coefficient (Wildman–Crippen LogP) is 0.625. The van der Waals surface area contributed by atoms with Gasteiger partial charge >= 0.3 is 5.97 Å². The molecule has 0 aromatic carbocycles. The molecule has 0 amide bonds. The third kappa shape index (κ3) is 3.12. The Morgan fingerprint density at radius 2 is 2.00 bits per heavy atom. The molecule has 0 fully saturated rings. The normalized spacial score (nSPS) is 11.0. The third-order valence-electron chi connectivity index (χ3n) is 0.959. The molecule has 0 N–H and O–H groups in total. The first-order valence-corrected chi connectivity index (χ1v) is 3.01. The number of esters is 1. The highest BCUT2D eigenvalue weighted by atomic mass is 16.5. The lowest BCUT2D eigenvalue weighted by Crippen LogP contribution is -2.08. The van der Waals surface area contributed by atoms with E-state index in [1.807, 2.05) is 14.1 Å². The molecule has 0 atom stereocenters. The van der Waals surface area contributed by atoms with E-state index in [1.165, 1.54) is 7.11 Å². The Bertz CT molecular complexity index is 150. The topological polar surface area (TPSA) is 29.5 Å². The van der Waals surface area contributed by atoms with Crippen molar-refractivity contribution < 1.29 is 9.53 Å². The zero-order chi connectivity index (χ0) is 8.15. The molecule has 0 unspecified atom stereocenters. The fourth-order valence-corrected chi connectivity index (χ4v) is 0.601. The molecule has 10 heavy (non-hydrogen) atoms. The van der Waals surface area contributed by atoms with E-state index in [0.29, 0.717) is 5.57 Å². The van der Waals surface area contributed by atoms with Crippen LogP contribution in [0.15, 0.2) is 11.8 Å². The average Bonchev–Trinajstić information content (AvgIpc) is 1.85. The largest absolute Gasteiger partial charge is 0.466 e. The lowest BCUT2D eigenvalue weighted by atomic mass is 10.3. The maximum Gasteiger partial charge on any atom is 0.334 e. The van der Waals surface area contributed by atoms with Gasteiger partial charge in [-0.2, -0.15) is 0 Å². The Labute approximate surface area is 61.3 Å². The van der Waals surface area contributed by atoms with E-state index in [2.05, 4.69) is 4.74 Å². The van der Waals surface area contributed by atoms with Crippen molar-refractivity contribution in [3.63, 3.8) is 0 Å². The van der Waals surface area contributed by atoms with Crippen LogP contribution >= 0.6 is 0 Å². The van der Waals surface area contributed by atoms with Crippen molar-refractivity contribution in [2.75, 3.05) is 21.2 Å². The van der Waals surface area contributed by atoms with Gasteiger partial charge in [-0.15, -0.1) is 0 Å². The summed E-state index contributed by atoms with van der Waals surface area (Å²) in [6.45, 7) is 1.71. The van der Waals surface area contributed by atoms with E-state index in [0.717, 1.165) is 0 Å². The van der Waals surface area contributed by atoms with Crippen LogP contribution in [0.1, 0.15) is 6.92 Å². The maximum atomic E-state index is 10.7. The van der Waals surface area contributed by atoms with Gasteiger partial charge in [0.2, 0.25) is 0 Å². The van der Waals surface area contributed by atoms with Gasteiger partial charge in [0.25, 0.3) is 0 Å². The molecule has 0 aromatic rings. The molecule has 0 radical (unpaired) electrons. The van der Waals surface area contributed by atoms with Gasteiger partial charge in [-0.05, 0) is 6.92 Å². The Morgan fingerprint density at radius 3 is 2.30 bits per heavy atom. The maximum absolute atomic E-state index is 10.7. The zero-order valence-electron chi connectivity index (χ0n) is 6.84. The van der Waals surface area contributed by atoms with Crippen molar-refractivity contribution in [3.05, 3.63) is 11.8 Å². The molecule has 3 nitrogen and oxygen atoms in total. The highest BCUT2D eigenvalue weighted by Crippen LogP contribution is 1.95. The first-order chi connectivity index (χ1) is 4.57. The fraction of sp³-hybridized carbons (Fsp3) is 0.571. The summed E-state index contributed by atoms with van der Waals surface area (Å²) in [6.07, 6.45) is 1.71. The lowest BCUT2D eigenvalue weighted by molar-refractivity contribution is -0.136. The van der Waals surface area contributed by atoms with Crippen LogP contribution in [0.5, 0.6) is 0 Å². The molecule has 3 heteroatoms. The summed E-state index contributed by atoms with van der Waals surface area (Å²) >= 11 is 0. The van der Waals surface area contributed by atoms with Crippen molar-refractivity contribution in [1.82, 2.24) is 4.90 Å². The first kappa shape index (κ1) is 9.01. The second kappa shape index (κ2) is 3.93. The van der Waals surface area contributed by atoms with Gasteiger partial charge in [0, 0.05) is 25.9 Å². The summed E-state index contributed by atoms with van der Waals surface area (Å²) in [6, 6.07) is 0. The van der Waals surface area contributed by atoms with E-state index in [9.17, 15) is 4.79 Å². The molecular formula is C7H13NO2. The fourth-order valence-electron chi connectivity index (χ4n) is 0.601. The van der Waals surface area contributed by atoms with Crippen LogP contribution in [-0.4, -0.2) is 32.1 Å². The lowest BCUT2D eigenvalue weighted by Gasteiger charge is -2.05. The van der Waals surface area contributed by atoms with Crippen molar-refractivity contribution in [2.24, 2.45) is 0 Å². The number of carbonyl (C=O) groups is 1. The van der Waals surface area contributed by atoms with Gasteiger partial charge in [-0.25, -0.2) is 4.79 Å². The predicted molar refractivity (Wildman–Crippen MR) is 39.5 cm³/mol. The number of ether oxygens (including phenoxy) is 1. The van der Waals surface area contributed by atoms with E-state index in [1.54, 1.807) is 18.0 Å². The number of rotatable bonds is 2. The van der Waals surface area contributed by atoms with Gasteiger partial charge in [-0.1, -0.05) is 0 Å². The Balaban J connectivity index is 4.05. The van der Waals surface area contributed by atoms with E-state index in [4.69, 9.17) is 0 Å². The molecule has 0 rings (SSSR count). The van der Waals surface area contributed by atoms with E-state index < -0.39 is 0 Å². The van der Waals surface area contributed by atoms with Crippen LogP contribution in [0, 0.1) is 0 Å². The van der Waals surface area contributed by atoms with Crippen LogP contribution in [0.2, 0.25) is 0 Å². The Kier molecular flexibility index (Phi) is 3.54. The molecule has 0 saturated heterocycles. The summed E-state index contributed by atoms with van der Waals surface area (Å²) < 4.78 is 4.48. The molecule has 58 valence electrons. The molecule has 0 aliphatic rings. The summed E-state index contributed by atoms with van der Waals surface area (Å²) in [5.74, 6) is -0.284. The summed E-state index contributed by atoms with van der Waals surface area (Å²) in [4.78, 5) is 12.5. The van der Waals surface area contributed by atoms with Gasteiger partial charge in [0.1, 0.15) is 0 Å². The summed E-state index contributed by atoms with van der Waals surface area (Å²) in [7, 11) is 5.08. The summed E-state index contributed by atoms with van der Waals surface area (Å²) in [5, 5.41) is 0. The number of nitrogens with zero attached hydrogens (tertiary/aromatic N) is 1. The minimum absolute atomic E-state index is 0.284. The van der Waals surface area contributed by atoms with Crippen LogP contribution in [0.3, 0.4) is 0 Å². The third-order valence-corrected chi connectivity index (χ3v) is 0.959. The minimum Gasteiger partial charge on any atom is -0.466 e. The zero-order valence-corrected chi connectivity index (χ0v) is 6.84. The number of methoxy groups -OCH3 is 1. The quantitative estimate of drug-likeness (QED) is 0.419. The smallest absolute Gasteiger partial charge is 0.334 e. The Morgan fingerprint density at radius 1 is 1.50 bits per heavy atom. The van der Waals surface area contributed by atoms with E-state index >= 15 is 0 Å². The van der Waals surface area contributed by atoms with Crippen LogP contribution in [0.4, 0.5) is 0 Å². The second-order valence-electron chi connectivity index (χ2n) is 2.27. The highest BCUT2D eigenvalue weighted by molar-refractivity contribution is 5.87. The Hall–Kier alpha value is -0.990. The highest BCUT2D eigenvalue weighted by Gasteiger charge is 2.01. The van der Waals surface area contributed by atoms with Gasteiger partial charge in [0.05, 0.1) is 7.11 Å². The van der Waals surface area contributed by atoms with Crippen LogP contribution < -0.4 is 0 Å².